The van der Waals surface area contributed by atoms with Crippen LogP contribution >= 0.6 is 0 Å². The summed E-state index contributed by atoms with van der Waals surface area (Å²) in [6.45, 7) is 2.26. The number of nitrogens with zero attached hydrogens (tertiary/aromatic N) is 3. The third-order valence-corrected chi connectivity index (χ3v) is 5.40. The molecule has 0 spiro atoms. The van der Waals surface area contributed by atoms with Crippen LogP contribution in [0, 0.1) is 6.92 Å². The van der Waals surface area contributed by atoms with Gasteiger partial charge < -0.3 is 19.5 Å². The molecule has 1 aliphatic carbocycles. The maximum absolute atomic E-state index is 13.0. The van der Waals surface area contributed by atoms with E-state index in [4.69, 9.17) is 14.2 Å². The van der Waals surface area contributed by atoms with Crippen LogP contribution in [0.2, 0.25) is 0 Å². The highest BCUT2D eigenvalue weighted by Crippen LogP contribution is 2.41. The number of pyridine rings is 1. The van der Waals surface area contributed by atoms with Crippen LogP contribution < -0.4 is 14.8 Å². The molecule has 1 N–H and O–H groups in total. The molecule has 0 saturated heterocycles. The Morgan fingerprint density at radius 2 is 1.88 bits per heavy atom. The molecule has 4 rings (SSSR count). The van der Waals surface area contributed by atoms with Crippen molar-refractivity contribution in [3.8, 4) is 11.5 Å². The summed E-state index contributed by atoms with van der Waals surface area (Å²) in [6.07, 6.45) is -1.50. The Balaban J connectivity index is 1.62. The summed E-state index contributed by atoms with van der Waals surface area (Å²) in [6, 6.07) is 6.07. The molecule has 170 valence electrons. The largest absolute Gasteiger partial charge is 0.493 e. The molecule has 2 heterocycles. The summed E-state index contributed by atoms with van der Waals surface area (Å²) >= 11 is 0. The highest BCUT2D eigenvalue weighted by Gasteiger charge is 2.44. The van der Waals surface area contributed by atoms with Crippen LogP contribution in [0.1, 0.15) is 29.9 Å². The van der Waals surface area contributed by atoms with E-state index in [2.05, 4.69) is 20.3 Å². The van der Waals surface area contributed by atoms with Gasteiger partial charge in [-0.2, -0.15) is 13.2 Å². The number of nitrogens with one attached hydrogen (secondary N) is 1. The van der Waals surface area contributed by atoms with Gasteiger partial charge >= 0.3 is 6.18 Å². The number of aryl methyl sites for hydroxylation is 1. The predicted molar refractivity (Wildman–Crippen MR) is 112 cm³/mol. The number of hydrogen-bond donors (Lipinski definition) is 1. The Bertz CT molecular complexity index is 1130. The minimum Gasteiger partial charge on any atom is -0.493 e. The first kappa shape index (κ1) is 22.1. The lowest BCUT2D eigenvalue weighted by molar-refractivity contribution is -0.141. The van der Waals surface area contributed by atoms with Gasteiger partial charge in [0.15, 0.2) is 11.5 Å². The van der Waals surface area contributed by atoms with Crippen LogP contribution in [0.5, 0.6) is 11.5 Å². The average Bonchev–Trinajstić information content (AvgIpc) is 3.55. The molecule has 0 unspecified atom stereocenters. The number of methoxy groups -OCH3 is 2. The molecule has 2 aromatic heterocycles. The fourth-order valence-corrected chi connectivity index (χ4v) is 3.34. The van der Waals surface area contributed by atoms with Gasteiger partial charge in [-0.25, -0.2) is 9.97 Å². The number of aromatic nitrogens is 3. The topological polar surface area (TPSA) is 78.4 Å². The first-order valence-corrected chi connectivity index (χ1v) is 10.0. The van der Waals surface area contributed by atoms with Crippen molar-refractivity contribution in [2.75, 3.05) is 26.1 Å². The Kier molecular flexibility index (Phi) is 5.81. The molecule has 3 aromatic rings. The average molecular weight is 448 g/mol. The zero-order chi connectivity index (χ0) is 22.9. The van der Waals surface area contributed by atoms with Gasteiger partial charge in [0.05, 0.1) is 12.6 Å². The molecule has 0 radical (unpaired) electrons. The third kappa shape index (κ3) is 4.69. The van der Waals surface area contributed by atoms with Gasteiger partial charge in [-0.15, -0.1) is 0 Å². The molecule has 0 atom stereocenters. The van der Waals surface area contributed by atoms with Gasteiger partial charge in [0.2, 0.25) is 0 Å². The fourth-order valence-electron chi connectivity index (χ4n) is 3.34. The van der Waals surface area contributed by atoms with Gasteiger partial charge in [0, 0.05) is 31.3 Å². The fraction of sp³-hybridized carbons (Fsp3) is 0.409. The van der Waals surface area contributed by atoms with Gasteiger partial charge in [0.25, 0.3) is 0 Å². The van der Waals surface area contributed by atoms with Crippen molar-refractivity contribution in [1.29, 1.82) is 0 Å². The summed E-state index contributed by atoms with van der Waals surface area (Å²) < 4.78 is 55.8. The molecule has 1 fully saturated rings. The molecule has 1 saturated carbocycles. The molecular formula is C22H23F3N4O3. The molecule has 0 bridgehead atoms. The third-order valence-electron chi connectivity index (χ3n) is 5.40. The molecule has 32 heavy (non-hydrogen) atoms. The number of hydrogen-bond acceptors (Lipinski definition) is 7. The number of alkyl halides is 3. The van der Waals surface area contributed by atoms with Crippen molar-refractivity contribution < 1.29 is 27.4 Å². The molecule has 1 aliphatic rings. The monoisotopic (exact) mass is 448 g/mol. The van der Waals surface area contributed by atoms with Crippen LogP contribution in [-0.2, 0) is 17.5 Å². The molecule has 0 amide bonds. The second-order valence-electron chi connectivity index (χ2n) is 7.72. The summed E-state index contributed by atoms with van der Waals surface area (Å²) in [5.41, 5.74) is -0.143. The van der Waals surface area contributed by atoms with Crippen LogP contribution in [-0.4, -0.2) is 41.4 Å². The number of anilines is 1. The van der Waals surface area contributed by atoms with E-state index in [0.717, 1.165) is 25.1 Å². The summed E-state index contributed by atoms with van der Waals surface area (Å²) in [5, 5.41) is 3.78. The van der Waals surface area contributed by atoms with Crippen molar-refractivity contribution in [1.82, 2.24) is 15.0 Å². The van der Waals surface area contributed by atoms with Crippen LogP contribution in [0.4, 0.5) is 19.0 Å². The van der Waals surface area contributed by atoms with Gasteiger partial charge in [-0.3, -0.25) is 4.98 Å². The molecule has 7 nitrogen and oxygen atoms in total. The van der Waals surface area contributed by atoms with E-state index in [1.165, 1.54) is 6.07 Å². The minimum absolute atomic E-state index is 0.131. The second-order valence-corrected chi connectivity index (χ2v) is 7.72. The molecule has 0 aliphatic heterocycles. The predicted octanol–water partition coefficient (Wildman–Crippen LogP) is 4.53. The summed E-state index contributed by atoms with van der Waals surface area (Å²) in [4.78, 5) is 12.3. The standard InChI is InChI=1S/C22H23F3N4O3/c1-13-28-16-10-17(30-2)18(32-12-21(31-3)5-6-21)9-15(16)20(29-13)27-11-14-4-7-26-19(8-14)22(23,24)25/h4,7-10H,5-6,11-12H2,1-3H3,(H,27,28,29). The number of rotatable bonds is 8. The Morgan fingerprint density at radius 1 is 1.09 bits per heavy atom. The number of ether oxygens (including phenoxy) is 3. The molecule has 10 heteroatoms. The van der Waals surface area contributed by atoms with E-state index in [1.807, 2.05) is 0 Å². The van der Waals surface area contributed by atoms with Crippen molar-refractivity contribution >= 4 is 16.7 Å². The highest BCUT2D eigenvalue weighted by atomic mass is 19.4. The van der Waals surface area contributed by atoms with Crippen molar-refractivity contribution in [2.24, 2.45) is 0 Å². The van der Waals surface area contributed by atoms with E-state index in [1.54, 1.807) is 33.3 Å². The zero-order valence-corrected chi connectivity index (χ0v) is 17.9. The van der Waals surface area contributed by atoms with Crippen molar-refractivity contribution in [3.05, 3.63) is 47.5 Å². The zero-order valence-electron chi connectivity index (χ0n) is 17.9. The molecular weight excluding hydrogens is 425 g/mol. The van der Waals surface area contributed by atoms with Crippen molar-refractivity contribution in [2.45, 2.75) is 38.1 Å². The van der Waals surface area contributed by atoms with Gasteiger partial charge in [-0.05, 0) is 43.5 Å². The smallest absolute Gasteiger partial charge is 0.433 e. The SMILES string of the molecule is COc1cc2nc(C)nc(NCc3ccnc(C(F)(F)F)c3)c2cc1OCC1(OC)CC1. The minimum atomic E-state index is -4.50. The second kappa shape index (κ2) is 8.42. The maximum atomic E-state index is 13.0. The Labute approximate surface area is 182 Å². The lowest BCUT2D eigenvalue weighted by Gasteiger charge is -2.18. The maximum Gasteiger partial charge on any atom is 0.433 e. The first-order chi connectivity index (χ1) is 15.2. The van der Waals surface area contributed by atoms with Gasteiger partial charge in [-0.1, -0.05) is 0 Å². The molecule has 1 aromatic carbocycles. The summed E-state index contributed by atoms with van der Waals surface area (Å²) in [7, 11) is 3.21. The van der Waals surface area contributed by atoms with Crippen molar-refractivity contribution in [3.63, 3.8) is 0 Å². The normalized spacial score (nSPS) is 14.9. The summed E-state index contributed by atoms with van der Waals surface area (Å²) in [5.74, 6) is 2.04. The van der Waals surface area contributed by atoms with E-state index in [-0.39, 0.29) is 12.1 Å². The Morgan fingerprint density at radius 3 is 2.53 bits per heavy atom. The quantitative estimate of drug-likeness (QED) is 0.542. The van der Waals surface area contributed by atoms with Crippen LogP contribution in [0.3, 0.4) is 0 Å². The van der Waals surface area contributed by atoms with Gasteiger partial charge in [0.1, 0.15) is 29.5 Å². The first-order valence-electron chi connectivity index (χ1n) is 10.0. The van der Waals surface area contributed by atoms with E-state index >= 15 is 0 Å². The van der Waals surface area contributed by atoms with E-state index in [0.29, 0.717) is 46.2 Å². The van der Waals surface area contributed by atoms with E-state index < -0.39 is 11.9 Å². The highest BCUT2D eigenvalue weighted by molar-refractivity contribution is 5.91. The van der Waals surface area contributed by atoms with Crippen LogP contribution in [0.25, 0.3) is 10.9 Å². The number of halogens is 3. The lowest BCUT2D eigenvalue weighted by Crippen LogP contribution is -2.21. The number of benzene rings is 1. The number of fused-ring (bicyclic) bond motifs is 1. The Hall–Kier alpha value is -3.14. The van der Waals surface area contributed by atoms with Crippen LogP contribution in [0.15, 0.2) is 30.5 Å². The van der Waals surface area contributed by atoms with E-state index in [9.17, 15) is 13.2 Å². The lowest BCUT2D eigenvalue weighted by atomic mass is 10.2.